The second-order valence-corrected chi connectivity index (χ2v) is 10.6. The van der Waals surface area contributed by atoms with E-state index >= 15 is 0 Å². The number of carbonyl (C=O) groups excluding carboxylic acids is 1. The highest BCUT2D eigenvalue weighted by atomic mass is 16.5. The fraction of sp³-hybridized carbons (Fsp3) is 0.517. The van der Waals surface area contributed by atoms with Gasteiger partial charge in [-0.3, -0.25) is 9.69 Å². The molecule has 1 N–H and O–H groups in total. The molecule has 4 aliphatic heterocycles. The van der Waals surface area contributed by atoms with Gasteiger partial charge in [0.15, 0.2) is 0 Å². The Hall–Kier alpha value is -2.90. The number of nitrogens with one attached hydrogen (secondary N) is 1. The van der Waals surface area contributed by atoms with E-state index in [-0.39, 0.29) is 13.4 Å². The lowest BCUT2D eigenvalue weighted by Gasteiger charge is -2.47. The van der Waals surface area contributed by atoms with Crippen LogP contribution in [0.2, 0.25) is 0 Å². The molecule has 1 aromatic heterocycles. The lowest BCUT2D eigenvalue weighted by Crippen LogP contribution is -2.61. The average Bonchev–Trinajstić information content (AvgIpc) is 3.03. The maximum Gasteiger partial charge on any atom is 0.246 e. The molecule has 0 spiro atoms. The second-order valence-electron chi connectivity index (χ2n) is 10.6. The predicted octanol–water partition coefficient (Wildman–Crippen LogP) is 4.99. The highest BCUT2D eigenvalue weighted by Crippen LogP contribution is 2.44. The number of amides is 1. The number of carbonyl (C=O) groups is 1. The summed E-state index contributed by atoms with van der Waals surface area (Å²) in [5.41, 5.74) is 4.89. The molecule has 1 aromatic carbocycles. The summed E-state index contributed by atoms with van der Waals surface area (Å²) in [5, 5.41) is 3.64. The van der Waals surface area contributed by atoms with E-state index < -0.39 is 0 Å². The minimum atomic E-state index is -0.0654. The molecule has 3 fully saturated rings. The van der Waals surface area contributed by atoms with E-state index in [0.717, 1.165) is 82.3 Å². The summed E-state index contributed by atoms with van der Waals surface area (Å²) < 4.78 is 12.1. The van der Waals surface area contributed by atoms with Crippen molar-refractivity contribution < 1.29 is 15.7 Å². The van der Waals surface area contributed by atoms with Gasteiger partial charge in [0.25, 0.3) is 0 Å². The number of rotatable bonds is 4. The van der Waals surface area contributed by atoms with Gasteiger partial charge in [-0.2, -0.15) is 0 Å². The van der Waals surface area contributed by atoms with E-state index in [1.54, 1.807) is 0 Å². The molecular formula is C29H38N4O3. The number of nitrogens with zero attached hydrogens (tertiary/aromatic N) is 3. The summed E-state index contributed by atoms with van der Waals surface area (Å²) in [4.78, 5) is 20.9. The zero-order valence-electron chi connectivity index (χ0n) is 21.1. The number of fused-ring (bicyclic) bond motifs is 2. The Morgan fingerprint density at radius 2 is 1.92 bits per heavy atom. The molecule has 5 heterocycles. The Labute approximate surface area is 215 Å². The fourth-order valence-electron chi connectivity index (χ4n) is 6.35. The van der Waals surface area contributed by atoms with Crippen molar-refractivity contribution in [2.24, 2.45) is 0 Å². The molecule has 0 unspecified atom stereocenters. The number of anilines is 2. The summed E-state index contributed by atoms with van der Waals surface area (Å²) >= 11 is 0. The lowest BCUT2D eigenvalue weighted by molar-refractivity contribution is -0.133. The van der Waals surface area contributed by atoms with Gasteiger partial charge in [0.2, 0.25) is 5.91 Å². The van der Waals surface area contributed by atoms with Crippen molar-refractivity contribution in [2.45, 2.75) is 56.6 Å². The Morgan fingerprint density at radius 1 is 1.14 bits per heavy atom. The topological polar surface area (TPSA) is 66.9 Å². The van der Waals surface area contributed by atoms with Crippen LogP contribution in [0, 0.1) is 0 Å². The first-order valence-corrected chi connectivity index (χ1v) is 13.4. The van der Waals surface area contributed by atoms with Gasteiger partial charge in [0.05, 0.1) is 5.69 Å². The molecule has 0 radical (unpaired) electrons. The van der Waals surface area contributed by atoms with Gasteiger partial charge in [-0.1, -0.05) is 12.6 Å². The predicted molar refractivity (Wildman–Crippen MR) is 142 cm³/mol. The van der Waals surface area contributed by atoms with Crippen LogP contribution in [-0.4, -0.2) is 66.1 Å². The van der Waals surface area contributed by atoms with Gasteiger partial charge in [-0.25, -0.2) is 4.98 Å². The van der Waals surface area contributed by atoms with Crippen molar-refractivity contribution in [2.75, 3.05) is 44.7 Å². The van der Waals surface area contributed by atoms with Crippen molar-refractivity contribution in [3.05, 3.63) is 59.8 Å². The Morgan fingerprint density at radius 3 is 2.67 bits per heavy atom. The van der Waals surface area contributed by atoms with Crippen LogP contribution in [0.5, 0.6) is 5.75 Å². The summed E-state index contributed by atoms with van der Waals surface area (Å²) in [7, 11) is 0. The van der Waals surface area contributed by atoms with Gasteiger partial charge in [-0.05, 0) is 92.9 Å². The Balaban J connectivity index is 0.00000280. The summed E-state index contributed by atoms with van der Waals surface area (Å²) in [5.74, 6) is 2.87. The van der Waals surface area contributed by atoms with E-state index in [1.165, 1.54) is 22.8 Å². The third-order valence-electron chi connectivity index (χ3n) is 8.52. The first-order chi connectivity index (χ1) is 17.6. The van der Waals surface area contributed by atoms with Crippen LogP contribution >= 0.6 is 0 Å². The first-order valence-electron chi connectivity index (χ1n) is 13.4. The maximum atomic E-state index is 11.8. The Bertz CT molecular complexity index is 1140. The number of likely N-dealkylation sites (tertiary alicyclic amines) is 2. The molecule has 4 aliphatic rings. The number of piperidine rings is 1. The molecule has 3 saturated heterocycles. The van der Waals surface area contributed by atoms with Crippen molar-refractivity contribution >= 4 is 17.4 Å². The van der Waals surface area contributed by atoms with Crippen LogP contribution in [0.25, 0.3) is 0 Å². The van der Waals surface area contributed by atoms with Crippen LogP contribution in [0.4, 0.5) is 11.5 Å². The standard InChI is InChI=1S/C29H36N4O3.H2/c1-3-27(34)33-17-23(18-33)32-12-7-20(8-13-32)22-4-5-26-25(16-22)31-29-28(19(2)36-26)24(6-11-30-29)21-9-14-35-15-10-21;/h3-6,11,16,19-21,23H,1,7-10,12-15,17-18H2,2H3,(H,30,31);1H/t19-;/m1./s1. The van der Waals surface area contributed by atoms with Crippen LogP contribution in [-0.2, 0) is 9.53 Å². The van der Waals surface area contributed by atoms with Crippen LogP contribution in [0.1, 0.15) is 68.7 Å². The fourth-order valence-corrected chi connectivity index (χ4v) is 6.35. The molecule has 2 aromatic rings. The molecule has 1 amide bonds. The normalized spacial score (nSPS) is 23.5. The molecule has 192 valence electrons. The van der Waals surface area contributed by atoms with Crippen molar-refractivity contribution in [3.63, 3.8) is 0 Å². The number of pyridine rings is 1. The SMILES string of the molecule is C=CC(=O)N1CC(N2CCC(c3ccc4c(c3)Nc3nccc(C5CCOCC5)c3[C@@H](C)O4)CC2)C1.[HH]. The number of hydrogen-bond acceptors (Lipinski definition) is 6. The molecular weight excluding hydrogens is 452 g/mol. The second kappa shape index (κ2) is 9.87. The number of aromatic nitrogens is 1. The zero-order chi connectivity index (χ0) is 24.6. The summed E-state index contributed by atoms with van der Waals surface area (Å²) in [6.07, 6.45) is 7.63. The number of benzene rings is 1. The van der Waals surface area contributed by atoms with Crippen molar-refractivity contribution in [3.8, 4) is 5.75 Å². The molecule has 36 heavy (non-hydrogen) atoms. The van der Waals surface area contributed by atoms with E-state index in [4.69, 9.17) is 14.5 Å². The van der Waals surface area contributed by atoms with Crippen molar-refractivity contribution in [1.29, 1.82) is 0 Å². The highest BCUT2D eigenvalue weighted by Gasteiger charge is 2.36. The van der Waals surface area contributed by atoms with Crippen LogP contribution < -0.4 is 10.1 Å². The molecule has 1 atom stereocenters. The maximum absolute atomic E-state index is 11.8. The van der Waals surface area contributed by atoms with E-state index in [0.29, 0.717) is 17.9 Å². The smallest absolute Gasteiger partial charge is 0.246 e. The van der Waals surface area contributed by atoms with E-state index in [1.807, 2.05) is 11.1 Å². The quantitative estimate of drug-likeness (QED) is 0.609. The largest absolute Gasteiger partial charge is 0.484 e. The summed E-state index contributed by atoms with van der Waals surface area (Å²) in [6.45, 7) is 11.2. The number of hydrogen-bond donors (Lipinski definition) is 1. The van der Waals surface area contributed by atoms with E-state index in [2.05, 4.69) is 48.0 Å². The van der Waals surface area contributed by atoms with Crippen LogP contribution in [0.15, 0.2) is 43.1 Å². The third kappa shape index (κ3) is 4.39. The van der Waals surface area contributed by atoms with Gasteiger partial charge < -0.3 is 19.7 Å². The van der Waals surface area contributed by atoms with Gasteiger partial charge in [0, 0.05) is 45.5 Å². The van der Waals surface area contributed by atoms with Crippen molar-refractivity contribution in [1.82, 2.24) is 14.8 Å². The van der Waals surface area contributed by atoms with Gasteiger partial charge >= 0.3 is 0 Å². The molecule has 0 aliphatic carbocycles. The Kier molecular flexibility index (Phi) is 6.44. The van der Waals surface area contributed by atoms with E-state index in [9.17, 15) is 4.79 Å². The summed E-state index contributed by atoms with van der Waals surface area (Å²) in [6, 6.07) is 9.30. The average molecular weight is 491 g/mol. The minimum Gasteiger partial charge on any atom is -0.484 e. The van der Waals surface area contributed by atoms with Gasteiger partial charge in [0.1, 0.15) is 17.7 Å². The third-order valence-corrected chi connectivity index (χ3v) is 8.52. The zero-order valence-corrected chi connectivity index (χ0v) is 21.1. The molecule has 7 nitrogen and oxygen atoms in total. The monoisotopic (exact) mass is 490 g/mol. The molecule has 6 rings (SSSR count). The van der Waals surface area contributed by atoms with Gasteiger partial charge in [-0.15, -0.1) is 0 Å². The lowest BCUT2D eigenvalue weighted by atomic mass is 9.87. The first kappa shape index (κ1) is 23.5. The highest BCUT2D eigenvalue weighted by molar-refractivity contribution is 5.87. The minimum absolute atomic E-state index is 0. The molecule has 0 bridgehead atoms. The molecule has 0 saturated carbocycles. The molecule has 7 heteroatoms. The van der Waals surface area contributed by atoms with Crippen LogP contribution in [0.3, 0.4) is 0 Å². The number of ether oxygens (including phenoxy) is 2.